The van der Waals surface area contributed by atoms with Gasteiger partial charge in [0.15, 0.2) is 5.13 Å². The number of hydrogen-bond donors (Lipinski definition) is 1. The number of hydrogen-bond acceptors (Lipinski definition) is 5. The van der Waals surface area contributed by atoms with Crippen LogP contribution in [0.4, 0.5) is 15.2 Å². The summed E-state index contributed by atoms with van der Waals surface area (Å²) in [4.78, 5) is 34.5. The average Bonchev–Trinajstić information content (AvgIpc) is 3.46. The van der Waals surface area contributed by atoms with Crippen molar-refractivity contribution >= 4 is 40.0 Å². The van der Waals surface area contributed by atoms with Crippen molar-refractivity contribution in [3.8, 4) is 5.69 Å². The molecule has 0 fully saturated rings. The summed E-state index contributed by atoms with van der Waals surface area (Å²) in [5.74, 6) is -0.205. The van der Waals surface area contributed by atoms with E-state index in [4.69, 9.17) is 0 Å². The zero-order valence-corrected chi connectivity index (χ0v) is 19.4. The van der Waals surface area contributed by atoms with Gasteiger partial charge in [-0.05, 0) is 42.8 Å². The third kappa shape index (κ3) is 5.26. The van der Waals surface area contributed by atoms with Crippen molar-refractivity contribution in [2.24, 2.45) is 0 Å². The SMILES string of the molecule is CC(=O)N(c1ccccc1)c1nc(/C=C/C(=O)NCc2ccc(-n3ccnc3C)c(F)c2)cs1. The van der Waals surface area contributed by atoms with Crippen LogP contribution in [0.2, 0.25) is 0 Å². The number of imidazole rings is 1. The van der Waals surface area contributed by atoms with Gasteiger partial charge in [0.1, 0.15) is 11.6 Å². The molecule has 0 bridgehead atoms. The molecule has 0 aliphatic heterocycles. The number of benzene rings is 2. The Hall–Kier alpha value is -4.11. The minimum absolute atomic E-state index is 0.157. The van der Waals surface area contributed by atoms with Crippen LogP contribution in [0.1, 0.15) is 24.0 Å². The molecule has 172 valence electrons. The Balaban J connectivity index is 1.38. The second-order valence-corrected chi connectivity index (χ2v) is 8.26. The number of aryl methyl sites for hydroxylation is 1. The number of amides is 2. The lowest BCUT2D eigenvalue weighted by atomic mass is 10.2. The fourth-order valence-electron chi connectivity index (χ4n) is 3.36. The van der Waals surface area contributed by atoms with E-state index in [9.17, 15) is 14.0 Å². The van der Waals surface area contributed by atoms with Crippen molar-refractivity contribution in [1.29, 1.82) is 0 Å². The smallest absolute Gasteiger partial charge is 0.244 e. The van der Waals surface area contributed by atoms with Crippen LogP contribution in [0, 0.1) is 12.7 Å². The lowest BCUT2D eigenvalue weighted by Crippen LogP contribution is -2.22. The summed E-state index contributed by atoms with van der Waals surface area (Å²) in [7, 11) is 0. The summed E-state index contributed by atoms with van der Waals surface area (Å²) in [5, 5.41) is 5.02. The first-order chi connectivity index (χ1) is 16.4. The second-order valence-electron chi connectivity index (χ2n) is 7.43. The van der Waals surface area contributed by atoms with E-state index in [0.717, 1.165) is 5.69 Å². The predicted molar refractivity (Wildman–Crippen MR) is 131 cm³/mol. The minimum atomic E-state index is -0.396. The summed E-state index contributed by atoms with van der Waals surface area (Å²) in [6.45, 7) is 3.45. The molecule has 0 spiro atoms. The third-order valence-corrected chi connectivity index (χ3v) is 5.84. The number of rotatable bonds is 7. The molecule has 4 aromatic rings. The highest BCUT2D eigenvalue weighted by atomic mass is 32.1. The molecule has 0 radical (unpaired) electrons. The first kappa shape index (κ1) is 23.1. The van der Waals surface area contributed by atoms with Crippen molar-refractivity contribution in [3.63, 3.8) is 0 Å². The van der Waals surface area contributed by atoms with Crippen LogP contribution in [-0.4, -0.2) is 26.3 Å². The summed E-state index contributed by atoms with van der Waals surface area (Å²) < 4.78 is 16.2. The maximum absolute atomic E-state index is 14.5. The molecule has 1 N–H and O–H groups in total. The van der Waals surface area contributed by atoms with Gasteiger partial charge in [-0.25, -0.2) is 14.4 Å². The van der Waals surface area contributed by atoms with Crippen LogP contribution < -0.4 is 10.2 Å². The number of anilines is 2. The Bertz CT molecular complexity index is 1350. The Morgan fingerprint density at radius 2 is 2.00 bits per heavy atom. The summed E-state index contributed by atoms with van der Waals surface area (Å²) in [5.41, 5.74) is 2.32. The number of nitrogens with one attached hydrogen (secondary N) is 1. The van der Waals surface area contributed by atoms with E-state index in [0.29, 0.717) is 27.9 Å². The lowest BCUT2D eigenvalue weighted by molar-refractivity contribution is -0.117. The fraction of sp³-hybridized carbons (Fsp3) is 0.120. The number of para-hydroxylation sites is 1. The molecule has 9 heteroatoms. The Labute approximate surface area is 200 Å². The quantitative estimate of drug-likeness (QED) is 0.390. The van der Waals surface area contributed by atoms with Crippen LogP contribution >= 0.6 is 11.3 Å². The van der Waals surface area contributed by atoms with E-state index in [1.165, 1.54) is 35.3 Å². The second kappa shape index (κ2) is 10.2. The molecule has 0 atom stereocenters. The molecule has 2 amide bonds. The van der Waals surface area contributed by atoms with Gasteiger partial charge in [0.25, 0.3) is 0 Å². The zero-order chi connectivity index (χ0) is 24.1. The molecule has 2 aromatic heterocycles. The van der Waals surface area contributed by atoms with Crippen molar-refractivity contribution in [3.05, 3.63) is 95.3 Å². The average molecular weight is 476 g/mol. The first-order valence-corrected chi connectivity index (χ1v) is 11.4. The van der Waals surface area contributed by atoms with Crippen molar-refractivity contribution in [1.82, 2.24) is 19.9 Å². The van der Waals surface area contributed by atoms with Gasteiger partial charge in [0.2, 0.25) is 11.8 Å². The molecule has 0 aliphatic rings. The highest BCUT2D eigenvalue weighted by Crippen LogP contribution is 2.29. The van der Waals surface area contributed by atoms with Crippen LogP contribution in [0.25, 0.3) is 11.8 Å². The molecule has 4 rings (SSSR count). The number of halogens is 1. The summed E-state index contributed by atoms with van der Waals surface area (Å²) >= 11 is 1.31. The molecule has 0 unspecified atom stereocenters. The molecule has 0 saturated heterocycles. The summed E-state index contributed by atoms with van der Waals surface area (Å²) in [6, 6.07) is 14.0. The van der Waals surface area contributed by atoms with Crippen molar-refractivity contribution in [2.45, 2.75) is 20.4 Å². The van der Waals surface area contributed by atoms with Crippen LogP contribution in [0.3, 0.4) is 0 Å². The van der Waals surface area contributed by atoms with Crippen molar-refractivity contribution in [2.75, 3.05) is 4.90 Å². The van der Waals surface area contributed by atoms with Crippen LogP contribution in [0.5, 0.6) is 0 Å². The maximum Gasteiger partial charge on any atom is 0.244 e. The van der Waals surface area contributed by atoms with Gasteiger partial charge in [-0.1, -0.05) is 24.3 Å². The van der Waals surface area contributed by atoms with E-state index >= 15 is 0 Å². The van der Waals surface area contributed by atoms with Crippen LogP contribution in [0.15, 0.2) is 72.4 Å². The van der Waals surface area contributed by atoms with Gasteiger partial charge in [-0.2, -0.15) is 0 Å². The Morgan fingerprint density at radius 3 is 2.68 bits per heavy atom. The molecule has 2 heterocycles. The Morgan fingerprint density at radius 1 is 1.21 bits per heavy atom. The summed E-state index contributed by atoms with van der Waals surface area (Å²) in [6.07, 6.45) is 6.24. The minimum Gasteiger partial charge on any atom is -0.348 e. The first-order valence-electron chi connectivity index (χ1n) is 10.5. The number of nitrogens with zero attached hydrogens (tertiary/aromatic N) is 4. The van der Waals surface area contributed by atoms with Gasteiger partial charge in [0, 0.05) is 37.3 Å². The van der Waals surface area contributed by atoms with Crippen molar-refractivity contribution < 1.29 is 14.0 Å². The monoisotopic (exact) mass is 475 g/mol. The van der Waals surface area contributed by atoms with E-state index in [-0.39, 0.29) is 18.4 Å². The normalized spacial score (nSPS) is 11.0. The topological polar surface area (TPSA) is 80.1 Å². The number of aromatic nitrogens is 3. The van der Waals surface area contributed by atoms with Gasteiger partial charge < -0.3 is 9.88 Å². The largest absolute Gasteiger partial charge is 0.348 e. The highest BCUT2D eigenvalue weighted by molar-refractivity contribution is 7.14. The highest BCUT2D eigenvalue weighted by Gasteiger charge is 2.17. The third-order valence-electron chi connectivity index (χ3n) is 5.00. The van der Waals surface area contributed by atoms with Crippen LogP contribution in [-0.2, 0) is 16.1 Å². The van der Waals surface area contributed by atoms with E-state index in [1.54, 1.807) is 47.5 Å². The molecule has 0 aliphatic carbocycles. The van der Waals surface area contributed by atoms with E-state index in [1.807, 2.05) is 30.3 Å². The van der Waals surface area contributed by atoms with E-state index < -0.39 is 5.82 Å². The standard InChI is InChI=1S/C25H22FN5O2S/c1-17-27-12-13-30(17)23-10-8-19(14-22(23)26)15-28-24(33)11-9-20-16-34-25(29-20)31(18(2)32)21-6-4-3-5-7-21/h3-14,16H,15H2,1-2H3,(H,28,33)/b11-9+. The maximum atomic E-state index is 14.5. The molecular formula is C25H22FN5O2S. The zero-order valence-electron chi connectivity index (χ0n) is 18.6. The lowest BCUT2D eigenvalue weighted by Gasteiger charge is -2.17. The molecular weight excluding hydrogens is 453 g/mol. The number of carbonyl (C=O) groups excluding carboxylic acids is 2. The number of thiazole rings is 1. The Kier molecular flexibility index (Phi) is 6.93. The van der Waals surface area contributed by atoms with Gasteiger partial charge in [-0.15, -0.1) is 11.3 Å². The van der Waals surface area contributed by atoms with Gasteiger partial charge >= 0.3 is 0 Å². The van der Waals surface area contributed by atoms with E-state index in [2.05, 4.69) is 15.3 Å². The molecule has 0 saturated carbocycles. The molecule has 34 heavy (non-hydrogen) atoms. The molecule has 2 aromatic carbocycles. The number of carbonyl (C=O) groups is 2. The predicted octanol–water partition coefficient (Wildman–Crippen LogP) is 4.79. The fourth-order valence-corrected chi connectivity index (χ4v) is 4.21. The van der Waals surface area contributed by atoms with Gasteiger partial charge in [0.05, 0.1) is 17.1 Å². The van der Waals surface area contributed by atoms with Gasteiger partial charge in [-0.3, -0.25) is 14.5 Å². The molecule has 7 nitrogen and oxygen atoms in total.